The molecule has 0 aromatic carbocycles. The number of hydrogen-bond donors (Lipinski definition) is 2. The minimum Gasteiger partial charge on any atom is -0.393 e. The van der Waals surface area contributed by atoms with Crippen LogP contribution in [0.5, 0.6) is 0 Å². The highest BCUT2D eigenvalue weighted by Gasteiger charge is 2.29. The first-order valence-electron chi connectivity index (χ1n) is 9.20. The van der Waals surface area contributed by atoms with E-state index in [-0.39, 0.29) is 18.2 Å². The van der Waals surface area contributed by atoms with E-state index in [1.165, 1.54) is 32.4 Å². The van der Waals surface area contributed by atoms with Crippen molar-refractivity contribution in [3.8, 4) is 0 Å². The van der Waals surface area contributed by atoms with Gasteiger partial charge in [0.15, 0.2) is 0 Å². The summed E-state index contributed by atoms with van der Waals surface area (Å²) < 4.78 is 0. The van der Waals surface area contributed by atoms with Crippen molar-refractivity contribution in [1.82, 2.24) is 15.1 Å². The lowest BCUT2D eigenvalue weighted by atomic mass is 9.93. The van der Waals surface area contributed by atoms with Gasteiger partial charge < -0.3 is 20.2 Å². The van der Waals surface area contributed by atoms with Crippen LogP contribution in [0.4, 0.5) is 4.79 Å². The third-order valence-electron chi connectivity index (χ3n) is 5.68. The Morgan fingerprint density at radius 2 is 1.50 bits per heavy atom. The van der Waals surface area contributed by atoms with Crippen LogP contribution in [0.3, 0.4) is 0 Å². The van der Waals surface area contributed by atoms with E-state index in [9.17, 15) is 9.90 Å². The first kappa shape index (κ1) is 16.1. The highest BCUT2D eigenvalue weighted by molar-refractivity contribution is 5.74. The van der Waals surface area contributed by atoms with Crippen molar-refractivity contribution < 1.29 is 9.90 Å². The largest absolute Gasteiger partial charge is 0.393 e. The van der Waals surface area contributed by atoms with Gasteiger partial charge in [-0.2, -0.15) is 0 Å². The second kappa shape index (κ2) is 7.64. The van der Waals surface area contributed by atoms with Crippen LogP contribution in [0.2, 0.25) is 0 Å². The monoisotopic (exact) mass is 309 g/mol. The molecule has 2 N–H and O–H groups in total. The zero-order valence-corrected chi connectivity index (χ0v) is 13.7. The van der Waals surface area contributed by atoms with Crippen molar-refractivity contribution in [3.63, 3.8) is 0 Å². The van der Waals surface area contributed by atoms with Crippen molar-refractivity contribution >= 4 is 6.03 Å². The molecule has 5 heteroatoms. The third-order valence-corrected chi connectivity index (χ3v) is 5.68. The van der Waals surface area contributed by atoms with Gasteiger partial charge in [-0.25, -0.2) is 4.79 Å². The number of rotatable bonds is 2. The molecule has 22 heavy (non-hydrogen) atoms. The second-order valence-corrected chi connectivity index (χ2v) is 7.27. The zero-order chi connectivity index (χ0) is 15.4. The molecule has 2 saturated heterocycles. The van der Waals surface area contributed by atoms with Gasteiger partial charge in [-0.1, -0.05) is 6.42 Å². The summed E-state index contributed by atoms with van der Waals surface area (Å²) in [6.45, 7) is 4.28. The summed E-state index contributed by atoms with van der Waals surface area (Å²) in [5, 5.41) is 12.7. The Morgan fingerprint density at radius 3 is 2.14 bits per heavy atom. The number of hydrogen-bond acceptors (Lipinski definition) is 3. The molecule has 2 amide bonds. The van der Waals surface area contributed by atoms with Gasteiger partial charge in [0, 0.05) is 25.2 Å². The lowest BCUT2D eigenvalue weighted by Gasteiger charge is -2.40. The topological polar surface area (TPSA) is 55.8 Å². The summed E-state index contributed by atoms with van der Waals surface area (Å²) in [4.78, 5) is 17.0. The molecule has 0 aromatic rings. The van der Waals surface area contributed by atoms with E-state index >= 15 is 0 Å². The van der Waals surface area contributed by atoms with Crippen molar-refractivity contribution in [2.24, 2.45) is 0 Å². The van der Waals surface area contributed by atoms with Crippen LogP contribution >= 0.6 is 0 Å². The summed E-state index contributed by atoms with van der Waals surface area (Å²) in [5.74, 6) is 0. The van der Waals surface area contributed by atoms with Gasteiger partial charge in [-0.15, -0.1) is 0 Å². The van der Waals surface area contributed by atoms with Gasteiger partial charge >= 0.3 is 6.03 Å². The van der Waals surface area contributed by atoms with Gasteiger partial charge in [-0.05, 0) is 64.5 Å². The first-order valence-corrected chi connectivity index (χ1v) is 9.20. The van der Waals surface area contributed by atoms with E-state index in [1.807, 2.05) is 4.90 Å². The number of carbonyl (C=O) groups is 1. The summed E-state index contributed by atoms with van der Waals surface area (Å²) in [7, 11) is 0. The average molecular weight is 309 g/mol. The number of carbonyl (C=O) groups excluding carboxylic acids is 1. The van der Waals surface area contributed by atoms with Crippen LogP contribution < -0.4 is 5.32 Å². The maximum absolute atomic E-state index is 12.4. The molecule has 2 heterocycles. The van der Waals surface area contributed by atoms with Gasteiger partial charge in [0.25, 0.3) is 0 Å². The Balaban J connectivity index is 1.39. The Hall–Kier alpha value is -0.810. The molecular formula is C17H31N3O2. The number of piperidine rings is 2. The molecule has 126 valence electrons. The Kier molecular flexibility index (Phi) is 5.58. The van der Waals surface area contributed by atoms with E-state index < -0.39 is 0 Å². The van der Waals surface area contributed by atoms with E-state index in [1.54, 1.807) is 0 Å². The Morgan fingerprint density at radius 1 is 0.864 bits per heavy atom. The van der Waals surface area contributed by atoms with E-state index in [0.29, 0.717) is 6.04 Å². The molecular weight excluding hydrogens is 278 g/mol. The summed E-state index contributed by atoms with van der Waals surface area (Å²) >= 11 is 0. The van der Waals surface area contributed by atoms with Crippen molar-refractivity contribution in [3.05, 3.63) is 0 Å². The Labute approximate surface area is 134 Å². The molecule has 3 rings (SSSR count). The lowest BCUT2D eigenvalue weighted by molar-refractivity contribution is 0.0953. The minimum atomic E-state index is -0.159. The number of amides is 2. The highest BCUT2D eigenvalue weighted by Crippen LogP contribution is 2.22. The molecule has 0 radical (unpaired) electrons. The molecule has 2 aliphatic heterocycles. The smallest absolute Gasteiger partial charge is 0.317 e. The molecule has 1 aliphatic carbocycles. The number of aliphatic hydroxyl groups excluding tert-OH is 1. The molecule has 0 aromatic heterocycles. The average Bonchev–Trinajstić information content (AvgIpc) is 2.58. The van der Waals surface area contributed by atoms with Crippen molar-refractivity contribution in [1.29, 1.82) is 0 Å². The zero-order valence-electron chi connectivity index (χ0n) is 13.7. The van der Waals surface area contributed by atoms with Crippen molar-refractivity contribution in [2.45, 2.75) is 76.0 Å². The van der Waals surface area contributed by atoms with Crippen LogP contribution in [-0.2, 0) is 0 Å². The standard InChI is InChI=1S/C17H31N3O2/c21-16-6-4-14(5-7-16)18-17(22)20-12-8-15(9-13-20)19-10-2-1-3-11-19/h14-16,21H,1-13H2,(H,18,22). The fourth-order valence-electron chi connectivity index (χ4n) is 4.20. The summed E-state index contributed by atoms with van der Waals surface area (Å²) in [5.41, 5.74) is 0. The second-order valence-electron chi connectivity index (χ2n) is 7.27. The predicted octanol–water partition coefficient (Wildman–Crippen LogP) is 1.95. The van der Waals surface area contributed by atoms with Gasteiger partial charge in [0.1, 0.15) is 0 Å². The number of nitrogens with zero attached hydrogens (tertiary/aromatic N) is 2. The summed E-state index contributed by atoms with van der Waals surface area (Å²) in [6, 6.07) is 1.06. The molecule has 0 spiro atoms. The fourth-order valence-corrected chi connectivity index (χ4v) is 4.20. The molecule has 3 aliphatic rings. The molecule has 3 fully saturated rings. The summed E-state index contributed by atoms with van der Waals surface area (Å²) in [6.07, 6.45) is 9.62. The van der Waals surface area contributed by atoms with Crippen LogP contribution in [0.1, 0.15) is 57.8 Å². The Bertz CT molecular complexity index is 355. The number of nitrogens with one attached hydrogen (secondary N) is 1. The lowest BCUT2D eigenvalue weighted by Crippen LogP contribution is -2.52. The van der Waals surface area contributed by atoms with Crippen LogP contribution in [0, 0.1) is 0 Å². The molecule has 5 nitrogen and oxygen atoms in total. The van der Waals surface area contributed by atoms with Crippen molar-refractivity contribution in [2.75, 3.05) is 26.2 Å². The predicted molar refractivity (Wildman–Crippen MR) is 86.8 cm³/mol. The quantitative estimate of drug-likeness (QED) is 0.820. The maximum atomic E-state index is 12.4. The van der Waals surface area contributed by atoms with Crippen LogP contribution in [-0.4, -0.2) is 65.3 Å². The highest BCUT2D eigenvalue weighted by atomic mass is 16.3. The number of urea groups is 1. The van der Waals surface area contributed by atoms with Crippen LogP contribution in [0.15, 0.2) is 0 Å². The molecule has 0 unspecified atom stereocenters. The number of aliphatic hydroxyl groups is 1. The van der Waals surface area contributed by atoms with E-state index in [4.69, 9.17) is 0 Å². The first-order chi connectivity index (χ1) is 10.7. The van der Waals surface area contributed by atoms with E-state index in [0.717, 1.165) is 51.6 Å². The van der Waals surface area contributed by atoms with Gasteiger partial charge in [0.2, 0.25) is 0 Å². The fraction of sp³-hybridized carbons (Fsp3) is 0.941. The van der Waals surface area contributed by atoms with Gasteiger partial charge in [-0.3, -0.25) is 0 Å². The SMILES string of the molecule is O=C(NC1CCC(O)CC1)N1CCC(N2CCCCC2)CC1. The van der Waals surface area contributed by atoms with Gasteiger partial charge in [0.05, 0.1) is 6.10 Å². The third kappa shape index (κ3) is 4.13. The number of likely N-dealkylation sites (tertiary alicyclic amines) is 2. The minimum absolute atomic E-state index is 0.110. The molecule has 0 atom stereocenters. The normalized spacial score (nSPS) is 32.0. The molecule has 0 bridgehead atoms. The molecule has 1 saturated carbocycles. The van der Waals surface area contributed by atoms with E-state index in [2.05, 4.69) is 10.2 Å². The maximum Gasteiger partial charge on any atom is 0.317 e. The van der Waals surface area contributed by atoms with Crippen LogP contribution in [0.25, 0.3) is 0 Å².